The maximum absolute atomic E-state index is 13.8. The third kappa shape index (κ3) is 5.13. The van der Waals surface area contributed by atoms with E-state index in [2.05, 4.69) is 6.92 Å². The van der Waals surface area contributed by atoms with Crippen molar-refractivity contribution in [3.8, 4) is 0 Å². The average molecular weight is 513 g/mol. The number of carboxylic acids is 1. The van der Waals surface area contributed by atoms with E-state index in [0.29, 0.717) is 17.0 Å². The Bertz CT molecular complexity index is 1080. The summed E-state index contributed by atoms with van der Waals surface area (Å²) in [5.41, 5.74) is -0.524. The molecule has 0 saturated carbocycles. The lowest BCUT2D eigenvalue weighted by atomic mass is 9.95. The molecule has 10 heteroatoms. The number of aliphatic carboxylic acids is 1. The fourth-order valence-electron chi connectivity index (χ4n) is 4.15. The van der Waals surface area contributed by atoms with Gasteiger partial charge in [-0.2, -0.15) is 4.31 Å². The van der Waals surface area contributed by atoms with E-state index in [1.807, 2.05) is 17.4 Å². The number of benzene rings is 1. The highest BCUT2D eigenvalue weighted by molar-refractivity contribution is 8.02. The normalized spacial score (nSPS) is 22.9. The van der Waals surface area contributed by atoms with Gasteiger partial charge in [-0.05, 0) is 57.2 Å². The van der Waals surface area contributed by atoms with E-state index in [4.69, 9.17) is 4.74 Å². The smallest absolute Gasteiger partial charge is 0.312 e. The monoisotopic (exact) mass is 512 g/mol. The first-order valence-corrected chi connectivity index (χ1v) is 14.0. The Hall–Kier alpha value is -2.04. The van der Waals surface area contributed by atoms with E-state index in [9.17, 15) is 22.7 Å². The van der Waals surface area contributed by atoms with E-state index in [1.54, 1.807) is 19.2 Å². The van der Waals surface area contributed by atoms with Crippen LogP contribution in [0.3, 0.4) is 0 Å². The number of halogens is 1. The second-order valence-corrected chi connectivity index (χ2v) is 12.1. The quantitative estimate of drug-likeness (QED) is 0.509. The predicted octanol–water partition coefficient (Wildman–Crippen LogP) is 4.78. The second kappa shape index (κ2) is 10.3. The number of rotatable bonds is 9. The fourth-order valence-corrected chi connectivity index (χ4v) is 6.64. The highest BCUT2D eigenvalue weighted by atomic mass is 32.2. The molecule has 188 valence electrons. The van der Waals surface area contributed by atoms with Crippen LogP contribution >= 0.6 is 11.8 Å². The average Bonchev–Trinajstić information content (AvgIpc) is 2.79. The van der Waals surface area contributed by atoms with Crippen molar-refractivity contribution in [1.29, 1.82) is 0 Å². The maximum atomic E-state index is 13.8. The summed E-state index contributed by atoms with van der Waals surface area (Å²) in [6.07, 6.45) is 6.76. The van der Waals surface area contributed by atoms with Crippen molar-refractivity contribution in [2.75, 3.05) is 24.8 Å². The Morgan fingerprint density at radius 3 is 2.50 bits per heavy atom. The van der Waals surface area contributed by atoms with E-state index in [0.717, 1.165) is 19.3 Å². The molecule has 2 atom stereocenters. The number of carbonyl (C=O) groups is 1. The SMILES string of the molecule is CCCC[C@@H]1CC2C(=C(OCC(C)(C)C(=O)O)C(SC)=CN2c2ccc(F)cc2)S(=O)(=O)N1C. The topological polar surface area (TPSA) is 87.1 Å². The van der Waals surface area contributed by atoms with E-state index in [-0.39, 0.29) is 29.1 Å². The molecule has 0 radical (unpaired) electrons. The van der Waals surface area contributed by atoms with Gasteiger partial charge < -0.3 is 14.7 Å². The van der Waals surface area contributed by atoms with Crippen LogP contribution in [-0.4, -0.2) is 55.8 Å². The standard InChI is InChI=1S/C24H33FN2O5S2/c1-6-7-8-18-13-19-22(34(30,31)26(18)4)21(32-15-24(2,3)23(28)29)20(33-5)14-27(19)17-11-9-16(25)10-12-17/h9-12,14,18-19H,6-8,13,15H2,1-5H3,(H,28,29)/t18-,19?/m1/s1. The highest BCUT2D eigenvalue weighted by Crippen LogP contribution is 2.45. The van der Waals surface area contributed by atoms with Crippen molar-refractivity contribution in [1.82, 2.24) is 4.31 Å². The zero-order chi connectivity index (χ0) is 25.3. The first-order chi connectivity index (χ1) is 15.9. The van der Waals surface area contributed by atoms with Gasteiger partial charge in [-0.25, -0.2) is 12.8 Å². The van der Waals surface area contributed by atoms with Gasteiger partial charge in [0.25, 0.3) is 0 Å². The number of ether oxygens (including phenoxy) is 1. The minimum Gasteiger partial charge on any atom is -0.490 e. The van der Waals surface area contributed by atoms with Crippen LogP contribution in [0.1, 0.15) is 46.5 Å². The number of anilines is 1. The van der Waals surface area contributed by atoms with E-state index in [1.165, 1.54) is 42.0 Å². The summed E-state index contributed by atoms with van der Waals surface area (Å²) in [4.78, 5) is 14.2. The van der Waals surface area contributed by atoms with Crippen LogP contribution < -0.4 is 4.90 Å². The summed E-state index contributed by atoms with van der Waals surface area (Å²) >= 11 is 1.32. The molecule has 0 aromatic heterocycles. The molecule has 2 aliphatic rings. The van der Waals surface area contributed by atoms with Crippen LogP contribution in [0, 0.1) is 11.2 Å². The Morgan fingerprint density at radius 1 is 1.29 bits per heavy atom. The van der Waals surface area contributed by atoms with Gasteiger partial charge in [0.2, 0.25) is 10.0 Å². The molecular weight excluding hydrogens is 479 g/mol. The molecule has 0 amide bonds. The van der Waals surface area contributed by atoms with Gasteiger partial charge in [-0.15, -0.1) is 11.8 Å². The molecule has 1 N–H and O–H groups in total. The minimum atomic E-state index is -3.90. The van der Waals surface area contributed by atoms with Crippen LogP contribution in [-0.2, 0) is 19.6 Å². The van der Waals surface area contributed by atoms with Gasteiger partial charge in [-0.1, -0.05) is 19.8 Å². The summed E-state index contributed by atoms with van der Waals surface area (Å²) in [5.74, 6) is -1.20. The van der Waals surface area contributed by atoms with Gasteiger partial charge in [0, 0.05) is 25.0 Å². The summed E-state index contributed by atoms with van der Waals surface area (Å²) in [5, 5.41) is 9.52. The summed E-state index contributed by atoms with van der Waals surface area (Å²) in [6, 6.07) is 5.23. The molecule has 1 fully saturated rings. The number of thioether (sulfide) groups is 1. The number of sulfonamides is 1. The van der Waals surface area contributed by atoms with Crippen LogP contribution in [0.5, 0.6) is 0 Å². The number of carboxylic acid groups (broad SMARTS) is 1. The fraction of sp³-hybridized carbons (Fsp3) is 0.542. The molecule has 0 spiro atoms. The Balaban J connectivity index is 2.15. The van der Waals surface area contributed by atoms with Crippen molar-refractivity contribution in [3.05, 3.63) is 51.9 Å². The minimum absolute atomic E-state index is 0.125. The molecule has 0 aliphatic carbocycles. The van der Waals surface area contributed by atoms with E-state index >= 15 is 0 Å². The van der Waals surface area contributed by atoms with Crippen molar-refractivity contribution in [3.63, 3.8) is 0 Å². The third-order valence-corrected chi connectivity index (χ3v) is 9.20. The maximum Gasteiger partial charge on any atom is 0.312 e. The zero-order valence-electron chi connectivity index (χ0n) is 20.2. The van der Waals surface area contributed by atoms with Crippen LogP contribution in [0.25, 0.3) is 0 Å². The largest absolute Gasteiger partial charge is 0.490 e. The first-order valence-electron chi connectivity index (χ1n) is 11.3. The van der Waals surface area contributed by atoms with Gasteiger partial charge in [-0.3, -0.25) is 4.79 Å². The molecule has 1 unspecified atom stereocenters. The van der Waals surface area contributed by atoms with Gasteiger partial charge in [0.1, 0.15) is 17.3 Å². The van der Waals surface area contributed by atoms with Crippen LogP contribution in [0.4, 0.5) is 10.1 Å². The number of hydrogen-bond donors (Lipinski definition) is 1. The van der Waals surface area contributed by atoms with E-state index < -0.39 is 27.4 Å². The van der Waals surface area contributed by atoms with Crippen molar-refractivity contribution in [2.45, 2.75) is 58.5 Å². The number of hydrogen-bond acceptors (Lipinski definition) is 6. The van der Waals surface area contributed by atoms with Crippen LogP contribution in [0.15, 0.2) is 46.0 Å². The molecule has 34 heavy (non-hydrogen) atoms. The number of nitrogens with zero attached hydrogens (tertiary/aromatic N) is 2. The highest BCUT2D eigenvalue weighted by Gasteiger charge is 2.48. The van der Waals surface area contributed by atoms with Gasteiger partial charge in [0.05, 0.1) is 16.4 Å². The molecule has 1 saturated heterocycles. The molecule has 2 aliphatic heterocycles. The van der Waals surface area contributed by atoms with Crippen molar-refractivity contribution in [2.24, 2.45) is 5.41 Å². The molecule has 1 aromatic carbocycles. The second-order valence-electron chi connectivity index (χ2n) is 9.32. The molecule has 0 bridgehead atoms. The lowest BCUT2D eigenvalue weighted by molar-refractivity contribution is -0.149. The Labute approximate surface area is 205 Å². The predicted molar refractivity (Wildman–Crippen MR) is 133 cm³/mol. The van der Waals surface area contributed by atoms with Gasteiger partial charge in [0.15, 0.2) is 5.76 Å². The van der Waals surface area contributed by atoms with Crippen molar-refractivity contribution >= 4 is 33.4 Å². The Kier molecular flexibility index (Phi) is 8.04. The third-order valence-electron chi connectivity index (χ3n) is 6.40. The lowest BCUT2D eigenvalue weighted by Gasteiger charge is -2.45. The molecule has 2 heterocycles. The Morgan fingerprint density at radius 2 is 1.94 bits per heavy atom. The first kappa shape index (κ1) is 26.6. The summed E-state index contributed by atoms with van der Waals surface area (Å²) in [6.45, 7) is 4.96. The molecular formula is C24H33FN2O5S2. The number of unbranched alkanes of at least 4 members (excludes halogenated alkanes) is 1. The van der Waals surface area contributed by atoms with Crippen molar-refractivity contribution < 1.29 is 27.4 Å². The molecule has 1 aromatic rings. The summed E-state index contributed by atoms with van der Waals surface area (Å²) < 4.78 is 48.7. The molecule has 3 rings (SSSR count). The number of fused-ring (bicyclic) bond motifs is 1. The zero-order valence-corrected chi connectivity index (χ0v) is 21.9. The van der Waals surface area contributed by atoms with Gasteiger partial charge >= 0.3 is 5.97 Å². The molecule has 7 nitrogen and oxygen atoms in total. The van der Waals surface area contributed by atoms with Crippen LogP contribution in [0.2, 0.25) is 0 Å². The summed E-state index contributed by atoms with van der Waals surface area (Å²) in [7, 11) is -2.31. The lowest BCUT2D eigenvalue weighted by Crippen LogP contribution is -2.53.